The SMILES string of the molecule is CC(C)CNC(=O)c1cc(-c2ccccc2F)nn1-c1ccccc1Cl. The van der Waals surface area contributed by atoms with Crippen LogP contribution in [0.1, 0.15) is 24.3 Å². The first kappa shape index (κ1) is 18.1. The fourth-order valence-electron chi connectivity index (χ4n) is 2.54. The Labute approximate surface area is 156 Å². The van der Waals surface area contributed by atoms with E-state index in [1.165, 1.54) is 10.7 Å². The zero-order valence-corrected chi connectivity index (χ0v) is 15.3. The van der Waals surface area contributed by atoms with Gasteiger partial charge >= 0.3 is 0 Å². The summed E-state index contributed by atoms with van der Waals surface area (Å²) in [5, 5.41) is 7.78. The minimum atomic E-state index is -0.398. The van der Waals surface area contributed by atoms with Gasteiger partial charge in [-0.1, -0.05) is 49.7 Å². The molecule has 0 fully saturated rings. The third-order valence-electron chi connectivity index (χ3n) is 3.84. The molecule has 134 valence electrons. The van der Waals surface area contributed by atoms with Crippen LogP contribution in [0.2, 0.25) is 5.02 Å². The van der Waals surface area contributed by atoms with Crippen molar-refractivity contribution in [2.75, 3.05) is 6.54 Å². The largest absolute Gasteiger partial charge is 0.350 e. The number of nitrogens with zero attached hydrogens (tertiary/aromatic N) is 2. The predicted molar refractivity (Wildman–Crippen MR) is 101 cm³/mol. The molecule has 1 heterocycles. The molecule has 2 aromatic carbocycles. The van der Waals surface area contributed by atoms with Crippen molar-refractivity contribution in [1.29, 1.82) is 0 Å². The van der Waals surface area contributed by atoms with Crippen LogP contribution in [0.3, 0.4) is 0 Å². The number of hydrogen-bond donors (Lipinski definition) is 1. The topological polar surface area (TPSA) is 46.9 Å². The van der Waals surface area contributed by atoms with Crippen LogP contribution < -0.4 is 5.32 Å². The second-order valence-corrected chi connectivity index (χ2v) is 6.77. The van der Waals surface area contributed by atoms with Crippen LogP contribution in [-0.4, -0.2) is 22.2 Å². The molecular formula is C20H19ClFN3O. The maximum Gasteiger partial charge on any atom is 0.270 e. The molecule has 0 spiro atoms. The van der Waals surface area contributed by atoms with Gasteiger partial charge in [0.25, 0.3) is 5.91 Å². The predicted octanol–water partition coefficient (Wildman–Crippen LogP) is 4.72. The monoisotopic (exact) mass is 371 g/mol. The van der Waals surface area contributed by atoms with E-state index in [1.54, 1.807) is 42.5 Å². The normalized spacial score (nSPS) is 11.0. The van der Waals surface area contributed by atoms with Crippen molar-refractivity contribution in [3.8, 4) is 16.9 Å². The lowest BCUT2D eigenvalue weighted by Crippen LogP contribution is -2.29. The molecule has 3 aromatic rings. The van der Waals surface area contributed by atoms with E-state index in [0.717, 1.165) is 0 Å². The van der Waals surface area contributed by atoms with E-state index in [9.17, 15) is 9.18 Å². The van der Waals surface area contributed by atoms with Gasteiger partial charge in [-0.2, -0.15) is 5.10 Å². The van der Waals surface area contributed by atoms with Gasteiger partial charge in [-0.3, -0.25) is 4.79 Å². The highest BCUT2D eigenvalue weighted by atomic mass is 35.5. The number of halogens is 2. The molecule has 0 unspecified atom stereocenters. The molecule has 0 atom stereocenters. The molecular weight excluding hydrogens is 353 g/mol. The number of amides is 1. The number of carbonyl (C=O) groups excluding carboxylic acids is 1. The van der Waals surface area contributed by atoms with Crippen molar-refractivity contribution in [2.24, 2.45) is 5.92 Å². The highest BCUT2D eigenvalue weighted by Gasteiger charge is 2.20. The molecule has 0 saturated carbocycles. The van der Waals surface area contributed by atoms with E-state index < -0.39 is 5.82 Å². The summed E-state index contributed by atoms with van der Waals surface area (Å²) in [7, 11) is 0. The molecule has 0 saturated heterocycles. The summed E-state index contributed by atoms with van der Waals surface area (Å²) in [6, 6.07) is 15.0. The molecule has 0 bridgehead atoms. The molecule has 1 amide bonds. The van der Waals surface area contributed by atoms with E-state index in [0.29, 0.717) is 40.1 Å². The molecule has 26 heavy (non-hydrogen) atoms. The summed E-state index contributed by atoms with van der Waals surface area (Å²) >= 11 is 6.28. The standard InChI is InChI=1S/C20H19ClFN3O/c1-13(2)12-23-20(26)19-11-17(14-7-3-5-9-16(14)22)24-25(19)18-10-6-4-8-15(18)21/h3-11,13H,12H2,1-2H3,(H,23,26). The Hall–Kier alpha value is -2.66. The smallest absolute Gasteiger partial charge is 0.270 e. The van der Waals surface area contributed by atoms with Gasteiger partial charge in [0.1, 0.15) is 11.5 Å². The van der Waals surface area contributed by atoms with E-state index >= 15 is 0 Å². The highest BCUT2D eigenvalue weighted by molar-refractivity contribution is 6.32. The first-order chi connectivity index (χ1) is 12.5. The molecule has 0 radical (unpaired) electrons. The molecule has 0 aliphatic heterocycles. The van der Waals surface area contributed by atoms with Crippen LogP contribution in [0.15, 0.2) is 54.6 Å². The first-order valence-corrected chi connectivity index (χ1v) is 8.73. The van der Waals surface area contributed by atoms with Gasteiger partial charge in [0.05, 0.1) is 16.4 Å². The lowest BCUT2D eigenvalue weighted by atomic mass is 10.1. The minimum Gasteiger partial charge on any atom is -0.350 e. The Morgan fingerprint density at radius 3 is 2.58 bits per heavy atom. The van der Waals surface area contributed by atoms with E-state index in [4.69, 9.17) is 11.6 Å². The second kappa shape index (κ2) is 7.70. The van der Waals surface area contributed by atoms with Crippen molar-refractivity contribution in [3.05, 3.63) is 71.1 Å². The van der Waals surface area contributed by atoms with Crippen molar-refractivity contribution in [1.82, 2.24) is 15.1 Å². The number of carbonyl (C=O) groups is 1. The fourth-order valence-corrected chi connectivity index (χ4v) is 2.75. The first-order valence-electron chi connectivity index (χ1n) is 8.35. The summed E-state index contributed by atoms with van der Waals surface area (Å²) in [4.78, 5) is 12.7. The summed E-state index contributed by atoms with van der Waals surface area (Å²) in [5.74, 6) is -0.374. The number of para-hydroxylation sites is 1. The Balaban J connectivity index is 2.11. The summed E-state index contributed by atoms with van der Waals surface area (Å²) in [5.41, 5.74) is 1.57. The number of rotatable bonds is 5. The van der Waals surface area contributed by atoms with Crippen molar-refractivity contribution >= 4 is 17.5 Å². The van der Waals surface area contributed by atoms with Gasteiger partial charge in [-0.15, -0.1) is 0 Å². The molecule has 1 aromatic heterocycles. The van der Waals surface area contributed by atoms with Crippen LogP contribution in [0.5, 0.6) is 0 Å². The Bertz CT molecular complexity index is 936. The van der Waals surface area contributed by atoms with Gasteiger partial charge in [-0.05, 0) is 36.2 Å². The van der Waals surface area contributed by atoms with Crippen LogP contribution in [-0.2, 0) is 0 Å². The third-order valence-corrected chi connectivity index (χ3v) is 4.16. The fraction of sp³-hybridized carbons (Fsp3) is 0.200. The lowest BCUT2D eigenvalue weighted by Gasteiger charge is -2.10. The summed E-state index contributed by atoms with van der Waals surface area (Å²) < 4.78 is 15.6. The maximum atomic E-state index is 14.2. The molecule has 1 N–H and O–H groups in total. The molecule has 6 heteroatoms. The van der Waals surface area contributed by atoms with Crippen LogP contribution in [0.25, 0.3) is 16.9 Å². The summed E-state index contributed by atoms with van der Waals surface area (Å²) in [6.07, 6.45) is 0. The number of hydrogen-bond acceptors (Lipinski definition) is 2. The van der Waals surface area contributed by atoms with Gasteiger partial charge in [0.15, 0.2) is 0 Å². The molecule has 3 rings (SSSR count). The quantitative estimate of drug-likeness (QED) is 0.705. The van der Waals surface area contributed by atoms with Crippen molar-refractivity contribution in [2.45, 2.75) is 13.8 Å². The highest BCUT2D eigenvalue weighted by Crippen LogP contribution is 2.27. The van der Waals surface area contributed by atoms with Gasteiger partial charge in [0.2, 0.25) is 0 Å². The minimum absolute atomic E-state index is 0.284. The van der Waals surface area contributed by atoms with Gasteiger partial charge in [-0.25, -0.2) is 9.07 Å². The molecule has 0 aliphatic rings. The van der Waals surface area contributed by atoms with E-state index in [-0.39, 0.29) is 5.91 Å². The van der Waals surface area contributed by atoms with Gasteiger partial charge < -0.3 is 5.32 Å². The Morgan fingerprint density at radius 1 is 1.19 bits per heavy atom. The maximum absolute atomic E-state index is 14.2. The Kier molecular flexibility index (Phi) is 5.38. The molecule has 4 nitrogen and oxygen atoms in total. The molecule has 0 aliphatic carbocycles. The van der Waals surface area contributed by atoms with Crippen LogP contribution in [0.4, 0.5) is 4.39 Å². The Morgan fingerprint density at radius 2 is 1.88 bits per heavy atom. The number of benzene rings is 2. The van der Waals surface area contributed by atoms with Crippen molar-refractivity contribution in [3.63, 3.8) is 0 Å². The number of nitrogens with one attached hydrogen (secondary N) is 1. The number of aromatic nitrogens is 2. The average Bonchev–Trinajstić information content (AvgIpc) is 3.05. The lowest BCUT2D eigenvalue weighted by molar-refractivity contribution is 0.0941. The van der Waals surface area contributed by atoms with Crippen molar-refractivity contribution < 1.29 is 9.18 Å². The van der Waals surface area contributed by atoms with E-state index in [1.807, 2.05) is 19.9 Å². The third kappa shape index (κ3) is 3.78. The summed E-state index contributed by atoms with van der Waals surface area (Å²) in [6.45, 7) is 4.55. The second-order valence-electron chi connectivity index (χ2n) is 6.36. The van der Waals surface area contributed by atoms with E-state index in [2.05, 4.69) is 10.4 Å². The van der Waals surface area contributed by atoms with Crippen LogP contribution in [0, 0.1) is 11.7 Å². The zero-order valence-electron chi connectivity index (χ0n) is 14.5. The average molecular weight is 372 g/mol. The zero-order chi connectivity index (χ0) is 18.7. The van der Waals surface area contributed by atoms with Crippen LogP contribution >= 0.6 is 11.6 Å². The van der Waals surface area contributed by atoms with Gasteiger partial charge in [0, 0.05) is 12.1 Å².